The van der Waals surface area contributed by atoms with E-state index < -0.39 is 0 Å². The highest BCUT2D eigenvalue weighted by Gasteiger charge is 2.16. The molecule has 1 heterocycles. The van der Waals surface area contributed by atoms with Crippen LogP contribution in [0.1, 0.15) is 26.3 Å². The Morgan fingerprint density at radius 1 is 1.17 bits per heavy atom. The van der Waals surface area contributed by atoms with E-state index in [1.165, 1.54) is 5.56 Å². The number of nitrogens with two attached hydrogens (primary N) is 1. The monoisotopic (exact) mass is 263 g/mol. The molecule has 1 aromatic carbocycles. The maximum Gasteiger partial charge on any atom is 0.201 e. The zero-order valence-corrected chi connectivity index (χ0v) is 11.9. The molecule has 3 nitrogen and oxygen atoms in total. The van der Waals surface area contributed by atoms with Crippen molar-refractivity contribution in [3.8, 4) is 11.3 Å². The molecule has 0 radical (unpaired) electrons. The number of nitrogen functional groups attached to an aromatic ring is 1. The van der Waals surface area contributed by atoms with E-state index in [-0.39, 0.29) is 5.41 Å². The van der Waals surface area contributed by atoms with Gasteiger partial charge in [0, 0.05) is 12.6 Å². The van der Waals surface area contributed by atoms with E-state index >= 15 is 0 Å². The Hall–Kier alpha value is -1.48. The lowest BCUT2D eigenvalue weighted by Gasteiger charge is -2.19. The fourth-order valence-electron chi connectivity index (χ4n) is 1.92. The number of hydrogen-bond donors (Lipinski definition) is 1. The average molecular weight is 264 g/mol. The van der Waals surface area contributed by atoms with Gasteiger partial charge >= 0.3 is 0 Å². The van der Waals surface area contributed by atoms with Gasteiger partial charge in [0.05, 0.1) is 5.69 Å². The lowest BCUT2D eigenvalue weighted by atomic mass is 9.86. The van der Waals surface area contributed by atoms with Crippen LogP contribution in [0.4, 0.5) is 5.95 Å². The number of benzene rings is 1. The van der Waals surface area contributed by atoms with E-state index in [0.29, 0.717) is 11.1 Å². The highest BCUT2D eigenvalue weighted by atomic mass is 35.5. The van der Waals surface area contributed by atoms with Gasteiger partial charge in [-0.15, -0.1) is 0 Å². The fraction of sp³-hybridized carbons (Fsp3) is 0.357. The average Bonchev–Trinajstić information content (AvgIpc) is 2.52. The number of aromatic nitrogens is 2. The molecule has 1 aromatic heterocycles. The van der Waals surface area contributed by atoms with Crippen LogP contribution in [-0.4, -0.2) is 9.55 Å². The predicted molar refractivity (Wildman–Crippen MR) is 76.8 cm³/mol. The van der Waals surface area contributed by atoms with Crippen LogP contribution >= 0.6 is 11.6 Å². The topological polar surface area (TPSA) is 43.8 Å². The van der Waals surface area contributed by atoms with Crippen molar-refractivity contribution in [2.75, 3.05) is 5.73 Å². The van der Waals surface area contributed by atoms with Crippen molar-refractivity contribution in [3.63, 3.8) is 0 Å². The SMILES string of the molecule is Cn1c(N)nc(Cl)c1-c1ccc(C(C)(C)C)cc1. The Bertz CT molecular complexity index is 562. The first-order chi connectivity index (χ1) is 8.30. The summed E-state index contributed by atoms with van der Waals surface area (Å²) in [7, 11) is 1.86. The summed E-state index contributed by atoms with van der Waals surface area (Å²) < 4.78 is 1.80. The number of rotatable bonds is 1. The zero-order chi connectivity index (χ0) is 13.5. The largest absolute Gasteiger partial charge is 0.369 e. The van der Waals surface area contributed by atoms with Gasteiger partial charge in [0.1, 0.15) is 0 Å². The minimum atomic E-state index is 0.147. The van der Waals surface area contributed by atoms with Crippen molar-refractivity contribution >= 4 is 17.5 Å². The lowest BCUT2D eigenvalue weighted by molar-refractivity contribution is 0.590. The quantitative estimate of drug-likeness (QED) is 0.854. The summed E-state index contributed by atoms with van der Waals surface area (Å²) >= 11 is 6.10. The molecule has 0 fully saturated rings. The van der Waals surface area contributed by atoms with Gasteiger partial charge in [-0.1, -0.05) is 56.6 Å². The molecule has 2 aromatic rings. The number of hydrogen-bond acceptors (Lipinski definition) is 2. The Kier molecular flexibility index (Phi) is 3.11. The minimum absolute atomic E-state index is 0.147. The molecule has 18 heavy (non-hydrogen) atoms. The van der Waals surface area contributed by atoms with Crippen LogP contribution in [-0.2, 0) is 12.5 Å². The molecule has 0 unspecified atom stereocenters. The van der Waals surface area contributed by atoms with Gasteiger partial charge in [0.25, 0.3) is 0 Å². The third kappa shape index (κ3) is 2.23. The molecule has 2 rings (SSSR count). The summed E-state index contributed by atoms with van der Waals surface area (Å²) in [6.45, 7) is 6.57. The van der Waals surface area contributed by atoms with Gasteiger partial charge in [-0.25, -0.2) is 4.98 Å². The third-order valence-electron chi connectivity index (χ3n) is 3.11. The molecule has 2 N–H and O–H groups in total. The summed E-state index contributed by atoms with van der Waals surface area (Å²) in [5, 5.41) is 0.443. The molecule has 0 atom stereocenters. The van der Waals surface area contributed by atoms with Gasteiger partial charge in [0.15, 0.2) is 5.15 Å². The summed E-state index contributed by atoms with van der Waals surface area (Å²) in [6.07, 6.45) is 0. The minimum Gasteiger partial charge on any atom is -0.369 e. The molecule has 4 heteroatoms. The van der Waals surface area contributed by atoms with Crippen LogP contribution in [0.5, 0.6) is 0 Å². The first kappa shape index (κ1) is 13.0. The second-order valence-electron chi connectivity index (χ2n) is 5.50. The van der Waals surface area contributed by atoms with E-state index in [1.807, 2.05) is 7.05 Å². The Labute approximate surface area is 113 Å². The Morgan fingerprint density at radius 2 is 1.72 bits per heavy atom. The molecule has 0 aliphatic heterocycles. The van der Waals surface area contributed by atoms with Crippen LogP contribution in [0.25, 0.3) is 11.3 Å². The van der Waals surface area contributed by atoms with E-state index in [4.69, 9.17) is 17.3 Å². The second kappa shape index (κ2) is 4.32. The highest BCUT2D eigenvalue weighted by molar-refractivity contribution is 6.32. The van der Waals surface area contributed by atoms with Gasteiger partial charge in [-0.05, 0) is 11.0 Å². The van der Waals surface area contributed by atoms with E-state index in [9.17, 15) is 0 Å². The molecule has 96 valence electrons. The van der Waals surface area contributed by atoms with E-state index in [0.717, 1.165) is 11.3 Å². The standard InChI is InChI=1S/C14H18ClN3/c1-14(2,3)10-7-5-9(6-8-10)11-12(15)17-13(16)18(11)4/h5-8H,1-4H3,(H2,16,17). The molecular formula is C14H18ClN3. The molecule has 0 saturated heterocycles. The predicted octanol–water partition coefficient (Wildman–Crippen LogP) is 3.62. The molecule has 0 aliphatic carbocycles. The van der Waals surface area contributed by atoms with Crippen molar-refractivity contribution in [1.29, 1.82) is 0 Å². The van der Waals surface area contributed by atoms with Crippen LogP contribution in [0.15, 0.2) is 24.3 Å². The first-order valence-corrected chi connectivity index (χ1v) is 6.27. The van der Waals surface area contributed by atoms with Crippen LogP contribution in [0.2, 0.25) is 5.15 Å². The van der Waals surface area contributed by atoms with Crippen molar-refractivity contribution < 1.29 is 0 Å². The molecule has 0 spiro atoms. The number of imidazole rings is 1. The number of nitrogens with zero attached hydrogens (tertiary/aromatic N) is 2. The summed E-state index contributed by atoms with van der Waals surface area (Å²) in [5.41, 5.74) is 9.07. The van der Waals surface area contributed by atoms with Crippen molar-refractivity contribution in [3.05, 3.63) is 35.0 Å². The molecular weight excluding hydrogens is 246 g/mol. The van der Waals surface area contributed by atoms with Gasteiger partial charge < -0.3 is 10.3 Å². The maximum atomic E-state index is 6.10. The van der Waals surface area contributed by atoms with Crippen molar-refractivity contribution in [1.82, 2.24) is 9.55 Å². The highest BCUT2D eigenvalue weighted by Crippen LogP contribution is 2.31. The zero-order valence-electron chi connectivity index (χ0n) is 11.2. The van der Waals surface area contributed by atoms with Gasteiger partial charge in [-0.3, -0.25) is 0 Å². The summed E-state index contributed by atoms with van der Waals surface area (Å²) in [5.74, 6) is 0.426. The van der Waals surface area contributed by atoms with E-state index in [2.05, 4.69) is 50.0 Å². The van der Waals surface area contributed by atoms with Crippen molar-refractivity contribution in [2.24, 2.45) is 7.05 Å². The fourth-order valence-corrected chi connectivity index (χ4v) is 2.24. The Morgan fingerprint density at radius 3 is 2.11 bits per heavy atom. The summed E-state index contributed by atoms with van der Waals surface area (Å²) in [6, 6.07) is 8.36. The van der Waals surface area contributed by atoms with Gasteiger partial charge in [-0.2, -0.15) is 0 Å². The second-order valence-corrected chi connectivity index (χ2v) is 5.85. The number of halogens is 1. The van der Waals surface area contributed by atoms with Crippen LogP contribution in [0.3, 0.4) is 0 Å². The molecule has 0 saturated carbocycles. The van der Waals surface area contributed by atoms with E-state index in [1.54, 1.807) is 4.57 Å². The van der Waals surface area contributed by atoms with Gasteiger partial charge in [0.2, 0.25) is 5.95 Å². The lowest BCUT2D eigenvalue weighted by Crippen LogP contribution is -2.10. The molecule has 0 bridgehead atoms. The third-order valence-corrected chi connectivity index (χ3v) is 3.38. The Balaban J connectivity index is 2.47. The molecule has 0 aliphatic rings. The molecule has 0 amide bonds. The van der Waals surface area contributed by atoms with Crippen molar-refractivity contribution in [2.45, 2.75) is 26.2 Å². The van der Waals surface area contributed by atoms with Crippen LogP contribution in [0, 0.1) is 0 Å². The maximum absolute atomic E-state index is 6.10. The summed E-state index contributed by atoms with van der Waals surface area (Å²) in [4.78, 5) is 4.06. The normalized spacial score (nSPS) is 11.8. The smallest absolute Gasteiger partial charge is 0.201 e. The number of anilines is 1. The van der Waals surface area contributed by atoms with Crippen LogP contribution < -0.4 is 5.73 Å². The first-order valence-electron chi connectivity index (χ1n) is 5.89.